The lowest BCUT2D eigenvalue weighted by Crippen LogP contribution is -2.51. The summed E-state index contributed by atoms with van der Waals surface area (Å²) in [5.41, 5.74) is -16.5. The highest BCUT2D eigenvalue weighted by atomic mass is 16.6. The highest BCUT2D eigenvalue weighted by Gasteiger charge is 2.64. The second kappa shape index (κ2) is 58.7. The van der Waals surface area contributed by atoms with Gasteiger partial charge in [-0.1, -0.05) is 51.3 Å². The van der Waals surface area contributed by atoms with Gasteiger partial charge in [0.25, 0.3) is 0 Å². The van der Waals surface area contributed by atoms with Gasteiger partial charge in [0.15, 0.2) is 0 Å². The number of hydrogen-bond acceptors (Lipinski definition) is 40. The number of hydrogen-bond donors (Lipinski definition) is 0. The van der Waals surface area contributed by atoms with Gasteiger partial charge in [-0.15, -0.1) is 0 Å². The fourth-order valence-corrected chi connectivity index (χ4v) is 20.6. The molecule has 6 rings (SSSR count). The molecule has 143 heavy (non-hydrogen) atoms. The number of carbonyl (C=O) groups excluding carboxylic acids is 16. The van der Waals surface area contributed by atoms with E-state index in [0.717, 1.165) is 56.9 Å². The Bertz CT molecular complexity index is 4310. The second-order valence-electron chi connectivity index (χ2n) is 39.4. The highest BCUT2D eigenvalue weighted by Crippen LogP contribution is 2.58. The molecule has 0 aromatic rings. The monoisotopic (exact) mass is 2040 g/mol. The molecule has 42 heteroatoms. The zero-order valence-corrected chi connectivity index (χ0v) is 88.3. The van der Waals surface area contributed by atoms with Gasteiger partial charge in [0.2, 0.25) is 23.6 Å². The number of amides is 4. The third-order valence-corrected chi connectivity index (χ3v) is 26.9. The first-order valence-electron chi connectivity index (χ1n) is 48.0. The van der Waals surface area contributed by atoms with E-state index in [4.69, 9.17) is 109 Å². The molecule has 18 unspecified atom stereocenters. The maximum absolute atomic E-state index is 14.6. The third kappa shape index (κ3) is 34.8. The number of carbonyl (C=O) groups is 16. The number of imide groups is 2. The molecule has 0 saturated carbocycles. The molecule has 814 valence electrons. The van der Waals surface area contributed by atoms with E-state index in [2.05, 4.69) is 17.9 Å². The molecular formula is C101H160N2O40. The number of ether oxygens (including phenoxy) is 24. The summed E-state index contributed by atoms with van der Waals surface area (Å²) >= 11 is 0. The molecule has 0 aromatic heterocycles. The molecule has 0 spiro atoms. The van der Waals surface area contributed by atoms with Gasteiger partial charge in [-0.05, 0) is 154 Å². The van der Waals surface area contributed by atoms with Crippen LogP contribution in [0.4, 0.5) is 0 Å². The maximum atomic E-state index is 14.6. The molecule has 0 aliphatic carbocycles. The van der Waals surface area contributed by atoms with E-state index in [1.807, 2.05) is 24.3 Å². The summed E-state index contributed by atoms with van der Waals surface area (Å²) < 4.78 is 129. The predicted octanol–water partition coefficient (Wildman–Crippen LogP) is 7.61. The third-order valence-electron chi connectivity index (χ3n) is 26.9. The molecular weight excluding hydrogens is 1880 g/mol. The van der Waals surface area contributed by atoms with Crippen molar-refractivity contribution in [2.24, 2.45) is 77.8 Å². The standard InChI is InChI=1S/C72H115NO28.C24H35NO10.C5H8O2.H2/c1-22-63(3,53(76)86-13)38-65(5,54(77)87-14)40-67(7,56(79)89-16)42-69(9,58(81)91-18)44-71(11,60(83)93-20)46-72(12,61(84)94-21)45-70(10,59(82)92-19)43-68(8,57(80)90-17)41-66(6,55(78)88-15)39-64(4,23-2)62(85)100-37-36-99-35-34-98-33-32-97-31-30-96-29-28-95-27-26-73-51(74)49-47-24-25-48(101-47)50(49)52(73)75;1-17(2)24(28)34-16-15-33-14-13-32-12-11-31-10-9-30-8-7-29-6-5-25-22(26)20-18-3-4-19(35-18)21(20)23(25)27;1-4(2)5(6)7-3;/h24-25,47-50H,22-23,26-46H2,1-21H3;3-4,18-21H,1,5-16H2,2H3;1H2,2-3H3;1H/i;;;1+1. The lowest BCUT2D eigenvalue weighted by Gasteiger charge is -2.47. The van der Waals surface area contributed by atoms with Gasteiger partial charge in [-0.2, -0.15) is 0 Å². The van der Waals surface area contributed by atoms with Crippen molar-refractivity contribution in [2.75, 3.05) is 230 Å². The summed E-state index contributed by atoms with van der Waals surface area (Å²) in [5.74, 6) is -11.6. The Balaban J connectivity index is 0.00000101. The molecule has 6 aliphatic rings. The van der Waals surface area contributed by atoms with Crippen molar-refractivity contribution >= 4 is 95.3 Å². The lowest BCUT2D eigenvalue weighted by molar-refractivity contribution is -0.174. The summed E-state index contributed by atoms with van der Waals surface area (Å²) in [5, 5.41) is 0. The molecule has 4 saturated heterocycles. The molecule has 0 radical (unpaired) electrons. The molecule has 4 fully saturated rings. The topological polar surface area (TPSA) is 501 Å². The van der Waals surface area contributed by atoms with E-state index in [1.165, 1.54) is 79.4 Å². The minimum absolute atomic E-state index is 0. The van der Waals surface area contributed by atoms with Gasteiger partial charge in [0, 0.05) is 12.6 Å². The van der Waals surface area contributed by atoms with Crippen molar-refractivity contribution in [1.29, 1.82) is 0 Å². The van der Waals surface area contributed by atoms with Crippen LogP contribution in [-0.2, 0) is 190 Å². The summed E-state index contributed by atoms with van der Waals surface area (Å²) in [6.45, 7) is 35.0. The van der Waals surface area contributed by atoms with Gasteiger partial charge in [0.05, 0.1) is 319 Å². The van der Waals surface area contributed by atoms with Crippen LogP contribution in [0.3, 0.4) is 0 Å². The van der Waals surface area contributed by atoms with Gasteiger partial charge in [-0.3, -0.25) is 76.9 Å². The zero-order valence-electron chi connectivity index (χ0n) is 88.3. The molecule has 6 heterocycles. The lowest BCUT2D eigenvalue weighted by atomic mass is 9.56. The number of methoxy groups -OCH3 is 10. The van der Waals surface area contributed by atoms with Crippen molar-refractivity contribution in [1.82, 2.24) is 9.80 Å². The molecule has 42 nitrogen and oxygen atoms in total. The van der Waals surface area contributed by atoms with E-state index >= 15 is 0 Å². The molecule has 0 aromatic carbocycles. The number of fused-ring (bicyclic) bond motifs is 10. The van der Waals surface area contributed by atoms with Gasteiger partial charge in [0.1, 0.15) is 13.2 Å². The zero-order chi connectivity index (χ0) is 108. The van der Waals surface area contributed by atoms with Crippen LogP contribution in [0.5, 0.6) is 0 Å². The van der Waals surface area contributed by atoms with E-state index in [1.54, 1.807) is 41.5 Å². The summed E-state index contributed by atoms with van der Waals surface area (Å²) in [6.07, 6.45) is 2.80. The normalized spacial score (nSPS) is 22.0. The summed E-state index contributed by atoms with van der Waals surface area (Å²) in [7, 11) is 11.4. The molecule has 6 aliphatic heterocycles. The van der Waals surface area contributed by atoms with Crippen LogP contribution in [0.25, 0.3) is 0 Å². The number of likely N-dealkylation sites (tertiary alicyclic amines) is 2. The van der Waals surface area contributed by atoms with E-state index in [0.29, 0.717) is 90.4 Å². The average Bonchev–Trinajstić information content (AvgIpc) is 1.55. The van der Waals surface area contributed by atoms with Crippen LogP contribution in [0.15, 0.2) is 48.6 Å². The average molecular weight is 2040 g/mol. The minimum atomic E-state index is -1.94. The molecule has 4 amide bonds. The van der Waals surface area contributed by atoms with Crippen LogP contribution in [0.2, 0.25) is 0 Å². The van der Waals surface area contributed by atoms with Crippen molar-refractivity contribution in [3.8, 4) is 0 Å². The van der Waals surface area contributed by atoms with E-state index in [-0.39, 0.29) is 179 Å². The van der Waals surface area contributed by atoms with Gasteiger partial charge < -0.3 is 114 Å². The summed E-state index contributed by atoms with van der Waals surface area (Å²) in [6, 6.07) is 0. The van der Waals surface area contributed by atoms with Crippen LogP contribution in [0, 0.1) is 77.8 Å². The Labute approximate surface area is 841 Å². The number of nitrogens with zero attached hydrogens (tertiary/aromatic N) is 2. The first-order chi connectivity index (χ1) is 67.3. The van der Waals surface area contributed by atoms with E-state index in [9.17, 15) is 76.7 Å². The van der Waals surface area contributed by atoms with Gasteiger partial charge >= 0.3 is 71.6 Å². The van der Waals surface area contributed by atoms with Crippen LogP contribution in [-0.4, -0.2) is 359 Å². The highest BCUT2D eigenvalue weighted by molar-refractivity contribution is 6.07. The van der Waals surface area contributed by atoms with Crippen LogP contribution >= 0.6 is 0 Å². The number of esters is 12. The fraction of sp³-hybridized carbons (Fsp3) is 0.762. The Morgan fingerprint density at radius 2 is 0.427 bits per heavy atom. The quantitative estimate of drug-likeness (QED) is 0.0141. The van der Waals surface area contributed by atoms with Crippen LogP contribution < -0.4 is 0 Å². The Hall–Kier alpha value is -9.60. The molecule has 0 N–H and O–H groups in total. The SMILES string of the molecule is C=C(C)C(=O)OC.C=C(C)C(=O)OCCOCCOCCOCCOCCOCCN1C(=O)C2C3C=CC(O3)C2C1=O.CCC(C)(CC(C)(CC(C)(CC(C)(CC(C)(CC(C)(CC(C)(CC(C)(CC(C)(CC(C)(CC)C(=O)OCCOCCOCCOCCOCCOCCN1C(=O)C2C3C=CC(O3)C2C1=O)C(=O)OC)C(=O)OC)C(=O)OC)C(=O)OC)C(=O)OC)C(=O)OC)C(=O)OC)C(=O)OC)C(=O)OC.[2HH]. The van der Waals surface area contributed by atoms with Crippen molar-refractivity contribution in [3.63, 3.8) is 0 Å². The fourth-order valence-electron chi connectivity index (χ4n) is 20.6. The number of rotatable bonds is 68. The van der Waals surface area contributed by atoms with Crippen molar-refractivity contribution < 1.29 is 192 Å². The second-order valence-corrected chi connectivity index (χ2v) is 39.4. The first kappa shape index (κ1) is 126. The van der Waals surface area contributed by atoms with Gasteiger partial charge in [-0.25, -0.2) is 9.59 Å². The van der Waals surface area contributed by atoms with E-state index < -0.39 is 170 Å². The predicted molar refractivity (Wildman–Crippen MR) is 508 cm³/mol. The Kier molecular flexibility index (Phi) is 51.6. The summed E-state index contributed by atoms with van der Waals surface area (Å²) in [4.78, 5) is 217. The molecule has 4 bridgehead atoms. The Morgan fingerprint density at radius 3 is 0.601 bits per heavy atom. The smallest absolute Gasteiger partial charge is 0.333 e. The van der Waals surface area contributed by atoms with Crippen molar-refractivity contribution in [3.05, 3.63) is 48.6 Å². The Morgan fingerprint density at radius 1 is 0.259 bits per heavy atom. The maximum Gasteiger partial charge on any atom is 0.333 e. The first-order valence-corrected chi connectivity index (χ1v) is 48.0. The largest absolute Gasteiger partial charge is 0.469 e. The van der Waals surface area contributed by atoms with Crippen LogP contribution in [0.1, 0.15) is 169 Å². The minimum Gasteiger partial charge on any atom is -0.469 e. The molecule has 18 atom stereocenters. The van der Waals surface area contributed by atoms with Crippen molar-refractivity contribution in [2.45, 2.75) is 192 Å².